The number of hydrogen-bond donors (Lipinski definition) is 7. The van der Waals surface area contributed by atoms with Gasteiger partial charge in [-0.3, -0.25) is 19.2 Å². The normalized spacial score (nSPS) is 12.7. The fraction of sp³-hybridized carbons (Fsp3) is 0.494. The van der Waals surface area contributed by atoms with Crippen LogP contribution in [-0.4, -0.2) is 310 Å². The summed E-state index contributed by atoms with van der Waals surface area (Å²) in [5.41, 5.74) is -8.87. The Morgan fingerprint density at radius 3 is 1.36 bits per heavy atom. The maximum absolute atomic E-state index is 12.0. The van der Waals surface area contributed by atoms with Crippen LogP contribution in [0.4, 0.5) is 113 Å². The number of amides is 1. The van der Waals surface area contributed by atoms with Gasteiger partial charge in [-0.15, -0.1) is 16.0 Å². The van der Waals surface area contributed by atoms with Gasteiger partial charge in [0.05, 0.1) is 81.0 Å². The molecule has 0 saturated carbocycles. The van der Waals surface area contributed by atoms with E-state index < -0.39 is 111 Å². The molecule has 1 fully saturated rings. The van der Waals surface area contributed by atoms with Crippen molar-refractivity contribution in [2.24, 2.45) is 0 Å². The number of aryl methyl sites for hydroxylation is 6. The largest absolute Gasteiger partial charge is 0.524 e. The number of likely N-dealkylation sites (N-methyl/N-ethyl adjacent to an activating group) is 6. The van der Waals surface area contributed by atoms with Crippen molar-refractivity contribution >= 4 is 163 Å². The Hall–Kier alpha value is -13.9. The first-order chi connectivity index (χ1) is 68.9. The van der Waals surface area contributed by atoms with E-state index in [1.807, 2.05) is 89.4 Å². The number of carbonyl (C=O) groups is 5. The van der Waals surface area contributed by atoms with Crippen molar-refractivity contribution < 1.29 is 165 Å². The monoisotopic (exact) mass is 2210 g/mol. The number of hydrogen-bond acceptors (Lipinski definition) is 46. The number of pyridine rings is 7. The summed E-state index contributed by atoms with van der Waals surface area (Å²) < 4.78 is 208. The van der Waals surface area contributed by atoms with E-state index in [2.05, 4.69) is 110 Å². The van der Waals surface area contributed by atoms with Gasteiger partial charge in [0.25, 0.3) is 0 Å². The third-order valence-corrected chi connectivity index (χ3v) is 21.8. The molecule has 50 nitrogen and oxygen atoms in total. The van der Waals surface area contributed by atoms with Crippen molar-refractivity contribution in [2.75, 3.05) is 192 Å². The Morgan fingerprint density at radius 2 is 0.933 bits per heavy atom. The molecule has 7 aromatic heterocycles. The van der Waals surface area contributed by atoms with Gasteiger partial charge in [-0.1, -0.05) is 0 Å². The molecule has 0 radical (unpaired) electrons. The van der Waals surface area contributed by atoms with Crippen LogP contribution in [0.1, 0.15) is 87.3 Å². The molecule has 1 amide bonds. The summed E-state index contributed by atoms with van der Waals surface area (Å²) in [6.45, 7) is 32.5. The Bertz CT molecular complexity index is 5880. The van der Waals surface area contributed by atoms with Crippen molar-refractivity contribution in [1.82, 2.24) is 40.2 Å². The maximum Gasteiger partial charge on any atom is 0.524 e. The Morgan fingerprint density at radius 1 is 0.537 bits per heavy atom. The zero-order valence-electron chi connectivity index (χ0n) is 84.3. The number of aromatic hydroxyl groups is 1. The quantitative estimate of drug-likeness (QED) is 0.00405. The van der Waals surface area contributed by atoms with Crippen LogP contribution in [0.2, 0.25) is 13.6 Å². The number of ether oxygens (including phenoxy) is 6. The van der Waals surface area contributed by atoms with Crippen LogP contribution in [0.5, 0.6) is 11.5 Å². The molecule has 0 aromatic carbocycles. The molecule has 0 unspecified atom stereocenters. The SMILES string of the molecule is C1CCOC1.CB(O)N1CCN(C)c2ccc(C)nc21.CCOC(=O)CN(C)c1ccc(C)nc1[N+](=O)[O-].CCOC(=O)CNC.CCOC(=O)Cc1ccc2c(n1)N(B(C)O)CCN2C.CCOC(=O)OCC.Cc1ccc(O)c([N+](=O)[O-])n1.Cc1ccc(OS(=O)(=O)C(F)(F)F)c([N+](=O)[O-])n1.Cc1ccc2c(n1)NC(=O)CN2C.Cc1ccc2c(n1)NCCN2C.Cl.O=BC#CO.O=S(=O)(OS(=O)(=O)C(F)(F)F)C(F)(F)F. The van der Waals surface area contributed by atoms with E-state index in [4.69, 9.17) is 29.1 Å². The summed E-state index contributed by atoms with van der Waals surface area (Å²) in [6, 6.07) is 23.7. The first-order valence-electron chi connectivity index (χ1n) is 43.8. The van der Waals surface area contributed by atoms with Crippen molar-refractivity contribution in [1.29, 1.82) is 0 Å². The second-order valence-corrected chi connectivity index (χ2v) is 34.9. The zero-order valence-corrected chi connectivity index (χ0v) is 87.6. The van der Waals surface area contributed by atoms with Gasteiger partial charge < -0.3 is 128 Å². The minimum atomic E-state index is -6.85. The molecule has 12 rings (SSSR count). The molecule has 7 aromatic rings. The van der Waals surface area contributed by atoms with E-state index in [9.17, 15) is 129 Å². The van der Waals surface area contributed by atoms with Gasteiger partial charge in [-0.2, -0.15) is 64.8 Å². The average Bonchev–Trinajstić information content (AvgIpc) is 0.916. The van der Waals surface area contributed by atoms with Crippen LogP contribution in [0.25, 0.3) is 0 Å². The van der Waals surface area contributed by atoms with Crippen molar-refractivity contribution in [3.05, 3.63) is 155 Å². The Kier molecular flexibility index (Phi) is 59.6. The predicted octanol–water partition coefficient (Wildman–Crippen LogP) is 9.36. The van der Waals surface area contributed by atoms with E-state index in [0.717, 1.165) is 110 Å². The average molecular weight is 2210 g/mol. The number of esters is 3. The minimum absolute atomic E-state index is 0. The summed E-state index contributed by atoms with van der Waals surface area (Å²) in [7, 11) is -9.12. The topological polar surface area (TPSA) is 638 Å². The first-order valence-corrected chi connectivity index (χ1v) is 48.0. The molecule has 149 heavy (non-hydrogen) atoms. The van der Waals surface area contributed by atoms with Crippen LogP contribution < -0.4 is 54.3 Å². The Balaban J connectivity index is 0.00000163. The summed E-state index contributed by atoms with van der Waals surface area (Å²) in [4.78, 5) is 126. The van der Waals surface area contributed by atoms with Crippen molar-refractivity contribution in [2.45, 2.75) is 126 Å². The van der Waals surface area contributed by atoms with Crippen molar-refractivity contribution in [3.63, 3.8) is 0 Å². The van der Waals surface area contributed by atoms with Crippen LogP contribution in [0, 0.1) is 83.8 Å². The Labute approximate surface area is 860 Å². The smallest absolute Gasteiger partial charge is 0.188 e. The summed E-state index contributed by atoms with van der Waals surface area (Å²) in [6.07, 6.45) is 3.52. The third kappa shape index (κ3) is 48.3. The number of rotatable bonds is 21. The van der Waals surface area contributed by atoms with Gasteiger partial charge >= 0.3 is 131 Å². The number of aromatic nitrogens is 7. The van der Waals surface area contributed by atoms with Crippen LogP contribution in [0.3, 0.4) is 0 Å². The molecule has 66 heteroatoms. The fourth-order valence-corrected chi connectivity index (χ4v) is 13.5. The van der Waals surface area contributed by atoms with Crippen LogP contribution in [-0.2, 0) is 92.7 Å². The van der Waals surface area contributed by atoms with Gasteiger partial charge in [0, 0.05) is 126 Å². The molecule has 0 spiro atoms. The number of nitrogens with zero attached hydrogens (tertiary/aromatic N) is 17. The molecule has 5 aliphatic rings. The standard InChI is InChI=1S/C13H20BN3O3.C11H15N3O4.C10H16BN3O.C9H11N3O.C9H13N3.C7H5F3N2O5S.C6H6N2O3.C5H11NO2.C5H10O3.C4H8O.C2HBO2.C2F6O5S2.ClH/c1-4-20-12(18)9-10-5-6-11-13(15-10)17(14(2)19)8-7-16(11)3;1-4-18-10(15)7-13(3)9-6-5-8(2)12-11(9)14(16)17;1-8-4-5-9-10(12-8)14(11(2)15)7-6-13(9)3;1-6-3-4-7-9(10-6)11-8(13)5-12(7)2;1-7-3-4-8-9(11-7)10-5-6-12(8)2;1-4-2-3-5(6(11-4)12(13)14)17-18(15,16)7(8,9)10;1-4-2-3-5(9)6(7-4)8(10)11;1-3-8-5(7)4-6-2;1-3-7-5(6)8-4-2;1-2-4-5-3-1;4-2-1-3-5;3-1(4,5)14(9,10)13-15(11,12)2(6,7)8;/h5-6,19H,4,7-9H2,1-3H3;5-6H,4,7H2,1-3H3;4-5,15H,6-7H2,1-3H3;3-4H,5H2,1-2H3,(H,10,11,13);3-4H,5-6H2,1-2H3,(H,10,11);2-3H,1H3;2-3,9H,1H3;6H,3-4H2,1-2H3;3-4H2,1-2H3;1-4H2;4H;;1H. The second kappa shape index (κ2) is 65.7. The summed E-state index contributed by atoms with van der Waals surface area (Å²) >= 11 is 0. The van der Waals surface area contributed by atoms with E-state index in [1.54, 1.807) is 94.2 Å². The summed E-state index contributed by atoms with van der Waals surface area (Å²) in [5.74, 6) is 0.737. The van der Waals surface area contributed by atoms with Crippen LogP contribution in [0.15, 0.2) is 84.9 Å². The van der Waals surface area contributed by atoms with Gasteiger partial charge in [0.15, 0.2) is 5.82 Å². The summed E-state index contributed by atoms with van der Waals surface area (Å²) in [5, 5.41) is 76.1. The van der Waals surface area contributed by atoms with Crippen LogP contribution >= 0.6 is 12.4 Å². The number of aliphatic hydroxyl groups excluding tert-OH is 1. The maximum atomic E-state index is 12.0. The van der Waals surface area contributed by atoms with Gasteiger partial charge in [-0.05, 0) is 204 Å². The number of nitrogens with one attached hydrogen (secondary N) is 3. The molecular formula is C83H117B3ClF9N20O30S3. The number of nitro groups is 3. The molecule has 12 heterocycles. The van der Waals surface area contributed by atoms with E-state index in [-0.39, 0.29) is 61.3 Å². The molecular weight excluding hydrogens is 2090 g/mol. The first kappa shape index (κ1) is 135. The molecule has 0 bridgehead atoms. The molecule has 0 atom stereocenters. The van der Waals surface area contributed by atoms with E-state index in [0.29, 0.717) is 81.8 Å². The van der Waals surface area contributed by atoms with Gasteiger partial charge in [0.2, 0.25) is 17.4 Å². The fourth-order valence-electron chi connectivity index (χ4n) is 11.4. The van der Waals surface area contributed by atoms with Gasteiger partial charge in [0.1, 0.15) is 46.8 Å². The number of alkyl halides is 9. The molecule has 0 aliphatic carbocycles. The number of carbonyl (C=O) groups excluding carboxylic acids is 5. The van der Waals surface area contributed by atoms with E-state index >= 15 is 0 Å². The molecule has 5 aliphatic heterocycles. The predicted molar refractivity (Wildman–Crippen MR) is 532 cm³/mol. The molecule has 7 N–H and O–H groups in total. The zero-order chi connectivity index (χ0) is 113. The van der Waals surface area contributed by atoms with Gasteiger partial charge in [-0.25, -0.2) is 24.7 Å². The minimum Gasteiger partial charge on any atom is -0.188 e. The number of aliphatic hydroxyl groups is 1. The second-order valence-electron chi connectivity index (χ2n) is 30.1. The molecule has 826 valence electrons. The number of halogens is 10. The number of fused-ring (bicyclic) bond motifs is 4. The third-order valence-electron chi connectivity index (χ3n) is 18.3. The number of anilines is 9. The molecule has 1 saturated heterocycles. The van der Waals surface area contributed by atoms with E-state index in [1.165, 1.54) is 48.6 Å². The van der Waals surface area contributed by atoms with Crippen molar-refractivity contribution in [3.8, 4) is 23.4 Å².